The second kappa shape index (κ2) is 8.97. The summed E-state index contributed by atoms with van der Waals surface area (Å²) in [6.07, 6.45) is 8.57. The van der Waals surface area contributed by atoms with Crippen LogP contribution in [-0.4, -0.2) is 36.2 Å². The van der Waals surface area contributed by atoms with E-state index in [2.05, 4.69) is 12.1 Å². The van der Waals surface area contributed by atoms with E-state index in [1.54, 1.807) is 12.1 Å². The molecule has 4 fully saturated rings. The van der Waals surface area contributed by atoms with E-state index < -0.39 is 5.41 Å². The van der Waals surface area contributed by atoms with E-state index in [0.29, 0.717) is 5.92 Å². The third kappa shape index (κ3) is 4.22. The van der Waals surface area contributed by atoms with E-state index >= 15 is 0 Å². The minimum absolute atomic E-state index is 0.00396. The van der Waals surface area contributed by atoms with Crippen molar-refractivity contribution in [2.45, 2.75) is 69.4 Å². The lowest BCUT2D eigenvalue weighted by atomic mass is 9.74. The molecule has 3 heterocycles. The third-order valence-electron chi connectivity index (χ3n) is 8.41. The lowest BCUT2D eigenvalue weighted by Gasteiger charge is -2.52. The van der Waals surface area contributed by atoms with Crippen LogP contribution in [0.2, 0.25) is 0 Å². The Labute approximate surface area is 191 Å². The normalized spacial score (nSPS) is 29.3. The molecular weight excluding hydrogens is 401 g/mol. The molecule has 4 aliphatic rings. The summed E-state index contributed by atoms with van der Waals surface area (Å²) < 4.78 is 20.8. The van der Waals surface area contributed by atoms with Crippen molar-refractivity contribution in [1.82, 2.24) is 0 Å². The van der Waals surface area contributed by atoms with Gasteiger partial charge in [0.2, 0.25) is 0 Å². The van der Waals surface area contributed by atoms with Crippen molar-refractivity contribution in [3.8, 4) is 0 Å². The molecule has 0 amide bonds. The number of nitrogens with zero attached hydrogens (tertiary/aromatic N) is 1. The monoisotopic (exact) mass is 436 g/mol. The highest BCUT2D eigenvalue weighted by Gasteiger charge is 2.50. The van der Waals surface area contributed by atoms with Gasteiger partial charge < -0.3 is 9.22 Å². The average molecular weight is 437 g/mol. The summed E-state index contributed by atoms with van der Waals surface area (Å²) in [5, 5.41) is 0. The molecule has 1 saturated carbocycles. The number of quaternary nitrogens is 1. The molecule has 0 N–H and O–H groups in total. The van der Waals surface area contributed by atoms with E-state index in [4.69, 9.17) is 4.74 Å². The van der Waals surface area contributed by atoms with Gasteiger partial charge in [0.05, 0.1) is 18.5 Å². The van der Waals surface area contributed by atoms with E-state index in [0.717, 1.165) is 74.8 Å². The first-order valence-electron chi connectivity index (χ1n) is 12.4. The lowest BCUT2D eigenvalue weighted by molar-refractivity contribution is -0.958. The van der Waals surface area contributed by atoms with Crippen molar-refractivity contribution in [2.24, 2.45) is 5.92 Å². The molecule has 170 valence electrons. The summed E-state index contributed by atoms with van der Waals surface area (Å²) >= 11 is 0. The molecule has 6 rings (SSSR count). The van der Waals surface area contributed by atoms with Gasteiger partial charge in [-0.3, -0.25) is 4.79 Å². The molecule has 2 aromatic rings. The van der Waals surface area contributed by atoms with Gasteiger partial charge in [-0.2, -0.15) is 0 Å². The SMILES string of the molecule is O=C(O[C@H]1C[N+]2(Cc3ccc(F)cc3)CCC1CC2)C1(c2ccccc2)CCCCCC1. The highest BCUT2D eigenvalue weighted by molar-refractivity contribution is 5.83. The summed E-state index contributed by atoms with van der Waals surface area (Å²) in [6, 6.07) is 17.3. The van der Waals surface area contributed by atoms with Crippen molar-refractivity contribution in [3.05, 3.63) is 71.5 Å². The van der Waals surface area contributed by atoms with Gasteiger partial charge >= 0.3 is 5.97 Å². The number of carbonyl (C=O) groups excluding carboxylic acids is 1. The van der Waals surface area contributed by atoms with Crippen molar-refractivity contribution < 1.29 is 18.4 Å². The van der Waals surface area contributed by atoms with Gasteiger partial charge in [-0.25, -0.2) is 4.39 Å². The van der Waals surface area contributed by atoms with Gasteiger partial charge in [-0.15, -0.1) is 0 Å². The standard InChI is InChI=1S/C28H35FNO2/c29-25-12-10-22(11-13-25)20-30-18-14-23(15-19-30)26(21-30)32-27(31)28(16-6-1-2-7-17-28)24-8-4-3-5-9-24/h3-5,8-13,23,26H,1-2,6-7,14-21H2/q+1/t23?,26-,30?/m0/s1. The fraction of sp³-hybridized carbons (Fsp3) is 0.536. The minimum Gasteiger partial charge on any atom is -0.455 e. The molecule has 3 nitrogen and oxygen atoms in total. The Kier molecular flexibility index (Phi) is 6.07. The highest BCUT2D eigenvalue weighted by Crippen LogP contribution is 2.42. The molecule has 0 aromatic heterocycles. The van der Waals surface area contributed by atoms with Crippen LogP contribution in [0.5, 0.6) is 0 Å². The van der Waals surface area contributed by atoms with Gasteiger partial charge in [0.1, 0.15) is 18.9 Å². The number of hydrogen-bond acceptors (Lipinski definition) is 2. The zero-order chi connectivity index (χ0) is 22.0. The molecule has 32 heavy (non-hydrogen) atoms. The van der Waals surface area contributed by atoms with Gasteiger partial charge in [0.15, 0.2) is 6.10 Å². The minimum atomic E-state index is -0.494. The molecular formula is C28H35FNO2+. The molecule has 0 unspecified atom stereocenters. The van der Waals surface area contributed by atoms with Gasteiger partial charge in [-0.05, 0) is 30.5 Å². The molecule has 1 atom stereocenters. The van der Waals surface area contributed by atoms with Gasteiger partial charge in [0, 0.05) is 24.3 Å². The maximum absolute atomic E-state index is 13.8. The number of rotatable bonds is 5. The van der Waals surface area contributed by atoms with Crippen molar-refractivity contribution in [3.63, 3.8) is 0 Å². The molecule has 0 radical (unpaired) electrons. The fourth-order valence-electron chi connectivity index (χ4n) is 6.50. The summed E-state index contributed by atoms with van der Waals surface area (Å²) in [4.78, 5) is 13.8. The third-order valence-corrected chi connectivity index (χ3v) is 8.41. The number of benzene rings is 2. The first-order chi connectivity index (χ1) is 15.6. The van der Waals surface area contributed by atoms with E-state index in [9.17, 15) is 9.18 Å². The summed E-state index contributed by atoms with van der Waals surface area (Å²) in [7, 11) is 0. The van der Waals surface area contributed by atoms with Crippen LogP contribution < -0.4 is 0 Å². The molecule has 2 aromatic carbocycles. The fourth-order valence-corrected chi connectivity index (χ4v) is 6.50. The number of carbonyl (C=O) groups is 1. The Bertz CT molecular complexity index is 910. The first-order valence-corrected chi connectivity index (χ1v) is 12.4. The van der Waals surface area contributed by atoms with Crippen LogP contribution in [0.4, 0.5) is 4.39 Å². The van der Waals surface area contributed by atoms with Crippen molar-refractivity contribution in [1.29, 1.82) is 0 Å². The quantitative estimate of drug-likeness (QED) is 0.338. The van der Waals surface area contributed by atoms with Crippen molar-refractivity contribution in [2.75, 3.05) is 19.6 Å². The zero-order valence-corrected chi connectivity index (χ0v) is 19.0. The second-order valence-electron chi connectivity index (χ2n) is 10.4. The Morgan fingerprint density at radius 1 is 0.938 bits per heavy atom. The Morgan fingerprint density at radius 2 is 1.59 bits per heavy atom. The average Bonchev–Trinajstić information content (AvgIpc) is 3.09. The molecule has 2 bridgehead atoms. The smallest absolute Gasteiger partial charge is 0.317 e. The zero-order valence-electron chi connectivity index (χ0n) is 19.0. The van der Waals surface area contributed by atoms with Crippen LogP contribution in [0, 0.1) is 11.7 Å². The largest absolute Gasteiger partial charge is 0.455 e. The van der Waals surface area contributed by atoms with Crippen LogP contribution in [0.1, 0.15) is 62.5 Å². The molecule has 0 spiro atoms. The van der Waals surface area contributed by atoms with E-state index in [1.165, 1.54) is 18.4 Å². The second-order valence-corrected chi connectivity index (χ2v) is 10.4. The molecule has 3 saturated heterocycles. The van der Waals surface area contributed by atoms with Crippen LogP contribution in [0.15, 0.2) is 54.6 Å². The van der Waals surface area contributed by atoms with E-state index in [1.807, 2.05) is 30.3 Å². The molecule has 3 aliphatic heterocycles. The van der Waals surface area contributed by atoms with Crippen molar-refractivity contribution >= 4 is 5.97 Å². The Hall–Kier alpha value is -2.20. The van der Waals surface area contributed by atoms with Crippen LogP contribution >= 0.6 is 0 Å². The maximum Gasteiger partial charge on any atom is 0.317 e. The number of piperidine rings is 3. The highest BCUT2D eigenvalue weighted by atomic mass is 19.1. The summed E-state index contributed by atoms with van der Waals surface area (Å²) in [6.45, 7) is 4.03. The first kappa shape index (κ1) is 21.6. The number of hydrogen-bond donors (Lipinski definition) is 0. The predicted molar refractivity (Wildman–Crippen MR) is 123 cm³/mol. The Balaban J connectivity index is 1.35. The topological polar surface area (TPSA) is 26.3 Å². The lowest BCUT2D eigenvalue weighted by Crippen LogP contribution is -2.64. The molecule has 4 heteroatoms. The molecule has 1 aliphatic carbocycles. The Morgan fingerprint density at radius 3 is 2.25 bits per heavy atom. The maximum atomic E-state index is 13.8. The van der Waals surface area contributed by atoms with Gasteiger partial charge in [0.25, 0.3) is 0 Å². The number of esters is 1. The van der Waals surface area contributed by atoms with Crippen LogP contribution in [0.25, 0.3) is 0 Å². The van der Waals surface area contributed by atoms with E-state index in [-0.39, 0.29) is 17.9 Å². The predicted octanol–water partition coefficient (Wildman–Crippen LogP) is 5.77. The summed E-state index contributed by atoms with van der Waals surface area (Å²) in [5.41, 5.74) is 1.80. The summed E-state index contributed by atoms with van der Waals surface area (Å²) in [5.74, 6) is 0.294. The van der Waals surface area contributed by atoms with Crippen LogP contribution in [-0.2, 0) is 21.5 Å². The number of ether oxygens (including phenoxy) is 1. The van der Waals surface area contributed by atoms with Crippen LogP contribution in [0.3, 0.4) is 0 Å². The van der Waals surface area contributed by atoms with Gasteiger partial charge in [-0.1, -0.05) is 68.1 Å². The number of fused-ring (bicyclic) bond motifs is 3. The number of halogens is 1.